The smallest absolute Gasteiger partial charge is 0.326 e. The van der Waals surface area contributed by atoms with Gasteiger partial charge in [-0.25, -0.2) is 4.79 Å². The van der Waals surface area contributed by atoms with Crippen molar-refractivity contribution >= 4 is 11.9 Å². The van der Waals surface area contributed by atoms with Gasteiger partial charge in [-0.1, -0.05) is 30.3 Å². The van der Waals surface area contributed by atoms with E-state index in [9.17, 15) is 14.7 Å². The molecule has 2 rings (SSSR count). The maximum absolute atomic E-state index is 12.4. The van der Waals surface area contributed by atoms with Crippen LogP contribution < -0.4 is 5.32 Å². The molecule has 0 saturated carbocycles. The standard InChI is InChI=1S/C16H21NO5/c1-21-14(11-6-3-2-4-7-11)15(18)17-13(16(19)20)12-8-5-9-22-10-12/h2-4,6-7,12-14H,5,8-10H2,1H3,(H,17,18)(H,19,20)/t12?,13?,14-/m1/s1. The van der Waals surface area contributed by atoms with Gasteiger partial charge >= 0.3 is 5.97 Å². The second kappa shape index (κ2) is 7.91. The third-order valence-electron chi connectivity index (χ3n) is 3.81. The van der Waals surface area contributed by atoms with E-state index < -0.39 is 24.0 Å². The molecule has 120 valence electrons. The molecule has 6 heteroatoms. The van der Waals surface area contributed by atoms with Gasteiger partial charge in [0.2, 0.25) is 0 Å². The fourth-order valence-corrected chi connectivity index (χ4v) is 2.66. The van der Waals surface area contributed by atoms with E-state index in [0.29, 0.717) is 18.8 Å². The van der Waals surface area contributed by atoms with Crippen LogP contribution in [0.3, 0.4) is 0 Å². The molecule has 0 radical (unpaired) electrons. The Morgan fingerprint density at radius 2 is 2.09 bits per heavy atom. The van der Waals surface area contributed by atoms with Gasteiger partial charge in [0.25, 0.3) is 5.91 Å². The van der Waals surface area contributed by atoms with Crippen LogP contribution in [0.5, 0.6) is 0 Å². The minimum atomic E-state index is -1.05. The Balaban J connectivity index is 2.07. The number of hydrogen-bond acceptors (Lipinski definition) is 4. The summed E-state index contributed by atoms with van der Waals surface area (Å²) in [6.45, 7) is 0.988. The van der Waals surface area contributed by atoms with E-state index in [0.717, 1.165) is 12.8 Å². The summed E-state index contributed by atoms with van der Waals surface area (Å²) in [5.74, 6) is -1.72. The third-order valence-corrected chi connectivity index (χ3v) is 3.81. The number of benzene rings is 1. The van der Waals surface area contributed by atoms with Crippen molar-refractivity contribution in [1.29, 1.82) is 0 Å². The molecule has 1 aliphatic heterocycles. The number of rotatable bonds is 6. The lowest BCUT2D eigenvalue weighted by molar-refractivity contribution is -0.147. The molecule has 0 aliphatic carbocycles. The number of aliphatic carboxylic acids is 1. The highest BCUT2D eigenvalue weighted by atomic mass is 16.5. The Kier molecular flexibility index (Phi) is 5.91. The summed E-state index contributed by atoms with van der Waals surface area (Å²) >= 11 is 0. The summed E-state index contributed by atoms with van der Waals surface area (Å²) in [5, 5.41) is 12.0. The summed E-state index contributed by atoms with van der Waals surface area (Å²) in [5.41, 5.74) is 0.687. The van der Waals surface area contributed by atoms with Crippen LogP contribution in [0.4, 0.5) is 0 Å². The summed E-state index contributed by atoms with van der Waals surface area (Å²) in [7, 11) is 1.43. The topological polar surface area (TPSA) is 84.9 Å². The molecule has 1 fully saturated rings. The predicted octanol–water partition coefficient (Wildman–Crippen LogP) is 1.37. The second-order valence-corrected chi connectivity index (χ2v) is 5.33. The van der Waals surface area contributed by atoms with Crippen molar-refractivity contribution in [2.45, 2.75) is 25.0 Å². The Hall–Kier alpha value is -1.92. The number of ether oxygens (including phenoxy) is 2. The highest BCUT2D eigenvalue weighted by Crippen LogP contribution is 2.21. The maximum Gasteiger partial charge on any atom is 0.326 e. The van der Waals surface area contributed by atoms with Gasteiger partial charge < -0.3 is 19.9 Å². The fraction of sp³-hybridized carbons (Fsp3) is 0.500. The van der Waals surface area contributed by atoms with Gasteiger partial charge in [-0.3, -0.25) is 4.79 Å². The molecule has 1 heterocycles. The van der Waals surface area contributed by atoms with Crippen molar-refractivity contribution in [3.05, 3.63) is 35.9 Å². The highest BCUT2D eigenvalue weighted by molar-refractivity contribution is 5.87. The van der Waals surface area contributed by atoms with Crippen LogP contribution in [0.25, 0.3) is 0 Å². The van der Waals surface area contributed by atoms with Crippen molar-refractivity contribution in [3.8, 4) is 0 Å². The number of hydrogen-bond donors (Lipinski definition) is 2. The molecular formula is C16H21NO5. The number of carboxylic acids is 1. The maximum atomic E-state index is 12.4. The van der Waals surface area contributed by atoms with Crippen molar-refractivity contribution in [2.24, 2.45) is 5.92 Å². The van der Waals surface area contributed by atoms with E-state index in [4.69, 9.17) is 9.47 Å². The SMILES string of the molecule is CO[C@@H](C(=O)NC(C(=O)O)C1CCCOC1)c1ccccc1. The first-order valence-corrected chi connectivity index (χ1v) is 7.32. The molecule has 0 aromatic heterocycles. The lowest BCUT2D eigenvalue weighted by Gasteiger charge is -2.29. The largest absolute Gasteiger partial charge is 0.480 e. The molecule has 2 N–H and O–H groups in total. The van der Waals surface area contributed by atoms with E-state index in [-0.39, 0.29) is 5.92 Å². The van der Waals surface area contributed by atoms with Crippen LogP contribution in [0.15, 0.2) is 30.3 Å². The molecule has 1 aliphatic rings. The minimum absolute atomic E-state index is 0.219. The van der Waals surface area contributed by atoms with E-state index in [1.165, 1.54) is 7.11 Å². The Morgan fingerprint density at radius 3 is 2.64 bits per heavy atom. The van der Waals surface area contributed by atoms with Crippen molar-refractivity contribution < 1.29 is 24.2 Å². The second-order valence-electron chi connectivity index (χ2n) is 5.33. The monoisotopic (exact) mass is 307 g/mol. The first-order valence-electron chi connectivity index (χ1n) is 7.32. The van der Waals surface area contributed by atoms with Gasteiger partial charge in [0.15, 0.2) is 6.10 Å². The Labute approximate surface area is 129 Å². The number of amides is 1. The first kappa shape index (κ1) is 16.5. The van der Waals surface area contributed by atoms with Gasteiger partial charge in [-0.2, -0.15) is 0 Å². The van der Waals surface area contributed by atoms with Crippen LogP contribution >= 0.6 is 0 Å². The normalized spacial score (nSPS) is 20.9. The molecule has 3 atom stereocenters. The fourth-order valence-electron chi connectivity index (χ4n) is 2.66. The van der Waals surface area contributed by atoms with Crippen LogP contribution in [0.1, 0.15) is 24.5 Å². The number of nitrogens with one attached hydrogen (secondary N) is 1. The van der Waals surface area contributed by atoms with Gasteiger partial charge in [0.05, 0.1) is 6.61 Å². The Morgan fingerprint density at radius 1 is 1.36 bits per heavy atom. The molecule has 1 saturated heterocycles. The average molecular weight is 307 g/mol. The third kappa shape index (κ3) is 4.05. The molecule has 1 amide bonds. The van der Waals surface area contributed by atoms with Crippen LogP contribution in [0.2, 0.25) is 0 Å². The number of carboxylic acid groups (broad SMARTS) is 1. The summed E-state index contributed by atoms with van der Waals surface area (Å²) in [6.07, 6.45) is 0.698. The highest BCUT2D eigenvalue weighted by Gasteiger charge is 2.33. The predicted molar refractivity (Wildman–Crippen MR) is 79.3 cm³/mol. The summed E-state index contributed by atoms with van der Waals surface area (Å²) in [6, 6.07) is 8.03. The van der Waals surface area contributed by atoms with Crippen LogP contribution in [0, 0.1) is 5.92 Å². The zero-order valence-electron chi connectivity index (χ0n) is 12.5. The van der Waals surface area contributed by atoms with Crippen molar-refractivity contribution in [2.75, 3.05) is 20.3 Å². The average Bonchev–Trinajstić information content (AvgIpc) is 2.55. The minimum Gasteiger partial charge on any atom is -0.480 e. The lowest BCUT2D eigenvalue weighted by Crippen LogP contribution is -2.49. The molecule has 22 heavy (non-hydrogen) atoms. The van der Waals surface area contributed by atoms with E-state index in [1.807, 2.05) is 6.07 Å². The zero-order chi connectivity index (χ0) is 15.9. The summed E-state index contributed by atoms with van der Waals surface area (Å²) < 4.78 is 10.6. The van der Waals surface area contributed by atoms with Crippen molar-refractivity contribution in [1.82, 2.24) is 5.32 Å². The van der Waals surface area contributed by atoms with Gasteiger partial charge in [-0.15, -0.1) is 0 Å². The van der Waals surface area contributed by atoms with Gasteiger partial charge in [-0.05, 0) is 18.4 Å². The molecule has 6 nitrogen and oxygen atoms in total. The number of carbonyl (C=O) groups excluding carboxylic acids is 1. The van der Waals surface area contributed by atoms with Crippen LogP contribution in [-0.4, -0.2) is 43.3 Å². The number of carbonyl (C=O) groups is 2. The van der Waals surface area contributed by atoms with Gasteiger partial charge in [0.1, 0.15) is 6.04 Å². The molecule has 2 unspecified atom stereocenters. The Bertz CT molecular complexity index is 499. The first-order chi connectivity index (χ1) is 10.6. The lowest BCUT2D eigenvalue weighted by atomic mass is 9.93. The van der Waals surface area contributed by atoms with E-state index in [1.54, 1.807) is 24.3 Å². The summed E-state index contributed by atoms with van der Waals surface area (Å²) in [4.78, 5) is 23.9. The molecule has 1 aromatic carbocycles. The zero-order valence-corrected chi connectivity index (χ0v) is 12.5. The molecule has 1 aromatic rings. The van der Waals surface area contributed by atoms with Crippen LogP contribution in [-0.2, 0) is 19.1 Å². The molecular weight excluding hydrogens is 286 g/mol. The quantitative estimate of drug-likeness (QED) is 0.829. The van der Waals surface area contributed by atoms with E-state index >= 15 is 0 Å². The molecule has 0 bridgehead atoms. The van der Waals surface area contributed by atoms with Gasteiger partial charge in [0, 0.05) is 19.6 Å². The molecule has 0 spiro atoms. The van der Waals surface area contributed by atoms with Crippen molar-refractivity contribution in [3.63, 3.8) is 0 Å². The van der Waals surface area contributed by atoms with E-state index in [2.05, 4.69) is 5.32 Å². The number of methoxy groups -OCH3 is 1.